The van der Waals surface area contributed by atoms with Crippen LogP contribution in [0.2, 0.25) is 0 Å². The first-order valence-electron chi connectivity index (χ1n) is 6.35. The molecule has 0 aliphatic rings. The lowest BCUT2D eigenvalue weighted by Crippen LogP contribution is -2.16. The summed E-state index contributed by atoms with van der Waals surface area (Å²) in [6.07, 6.45) is 2.51. The van der Waals surface area contributed by atoms with Crippen LogP contribution < -0.4 is 5.73 Å². The summed E-state index contributed by atoms with van der Waals surface area (Å²) in [5.41, 5.74) is 9.51. The Kier molecular flexibility index (Phi) is 4.70. The van der Waals surface area contributed by atoms with Gasteiger partial charge < -0.3 is 5.73 Å². The summed E-state index contributed by atoms with van der Waals surface area (Å²) in [6, 6.07) is -0.0774. The van der Waals surface area contributed by atoms with E-state index in [-0.39, 0.29) is 6.04 Å². The number of nitrogens with two attached hydrogens (primary N) is 1. The molecule has 7 heteroatoms. The molecule has 2 aromatic heterocycles. The fourth-order valence-electron chi connectivity index (χ4n) is 2.08. The van der Waals surface area contributed by atoms with Gasteiger partial charge in [0.05, 0.1) is 26.4 Å². The molecule has 0 spiro atoms. The topological polar surface area (TPSA) is 69.6 Å². The molecule has 0 aliphatic heterocycles. The summed E-state index contributed by atoms with van der Waals surface area (Å²) in [6.45, 7) is 4.17. The molecule has 104 valence electrons. The van der Waals surface area contributed by atoms with Crippen LogP contribution in [0.4, 0.5) is 0 Å². The predicted octanol–water partition coefficient (Wildman–Crippen LogP) is 2.40. The molecule has 1 atom stereocenters. The zero-order valence-electron chi connectivity index (χ0n) is 11.4. The maximum atomic E-state index is 6.30. The fraction of sp³-hybridized carbons (Fsp3) is 0.583. The second-order valence-corrected chi connectivity index (χ2v) is 6.01. The summed E-state index contributed by atoms with van der Waals surface area (Å²) in [7, 11) is 1.96. The Morgan fingerprint density at radius 2 is 2.00 bits per heavy atom. The lowest BCUT2D eigenvalue weighted by Gasteiger charge is -2.11. The number of aryl methyl sites for hydroxylation is 3. The molecule has 0 aromatic carbocycles. The average Bonchev–Trinajstić information content (AvgIpc) is 2.97. The van der Waals surface area contributed by atoms with Crippen LogP contribution in [0, 0.1) is 0 Å². The predicted molar refractivity (Wildman–Crippen MR) is 80.2 cm³/mol. The zero-order chi connectivity index (χ0) is 14.0. The molecule has 1 unspecified atom stereocenters. The summed E-state index contributed by atoms with van der Waals surface area (Å²) < 4.78 is 6.98. The van der Waals surface area contributed by atoms with Crippen LogP contribution in [0.5, 0.6) is 0 Å². The molecular weight excluding hydrogens is 326 g/mol. The van der Waals surface area contributed by atoms with Crippen molar-refractivity contribution in [2.45, 2.75) is 39.2 Å². The number of hydrogen-bond donors (Lipinski definition) is 1. The number of nitrogens with zero attached hydrogens (tertiary/aromatic N) is 4. The van der Waals surface area contributed by atoms with Gasteiger partial charge in [-0.1, -0.05) is 18.3 Å². The minimum atomic E-state index is -0.0774. The van der Waals surface area contributed by atoms with Crippen LogP contribution in [0.3, 0.4) is 0 Å². The quantitative estimate of drug-likeness (QED) is 0.904. The smallest absolute Gasteiger partial charge is 0.0801 e. The Hall–Kier alpha value is -0.790. The average molecular weight is 344 g/mol. The molecule has 0 bridgehead atoms. The number of halogens is 1. The van der Waals surface area contributed by atoms with Gasteiger partial charge in [-0.15, -0.1) is 5.10 Å². The number of aromatic nitrogens is 4. The first kappa shape index (κ1) is 14.6. The van der Waals surface area contributed by atoms with Crippen molar-refractivity contribution in [2.75, 3.05) is 0 Å². The Balaban J connectivity index is 2.24. The molecule has 2 heterocycles. The van der Waals surface area contributed by atoms with Crippen molar-refractivity contribution >= 4 is 27.5 Å². The first-order chi connectivity index (χ1) is 9.08. The minimum absolute atomic E-state index is 0.0774. The number of hydrogen-bond acceptors (Lipinski definition) is 5. The van der Waals surface area contributed by atoms with Crippen LogP contribution in [0.15, 0.2) is 4.47 Å². The summed E-state index contributed by atoms with van der Waals surface area (Å²) in [5, 5.41) is 8.61. The lowest BCUT2D eigenvalue weighted by molar-refractivity contribution is 0.638. The van der Waals surface area contributed by atoms with E-state index in [9.17, 15) is 0 Å². The SMILES string of the molecule is CCc1nnsc1C(N)Cc1c(Br)c(CC)nn1C. The molecule has 2 rings (SSSR count). The largest absolute Gasteiger partial charge is 0.323 e. The summed E-state index contributed by atoms with van der Waals surface area (Å²) >= 11 is 5.02. The van der Waals surface area contributed by atoms with Gasteiger partial charge in [-0.25, -0.2) is 0 Å². The summed E-state index contributed by atoms with van der Waals surface area (Å²) in [4.78, 5) is 1.08. The first-order valence-corrected chi connectivity index (χ1v) is 7.92. The van der Waals surface area contributed by atoms with E-state index in [2.05, 4.69) is 44.5 Å². The minimum Gasteiger partial charge on any atom is -0.323 e. The van der Waals surface area contributed by atoms with Crippen molar-refractivity contribution in [3.8, 4) is 0 Å². The Morgan fingerprint density at radius 1 is 1.32 bits per heavy atom. The van der Waals surface area contributed by atoms with Gasteiger partial charge in [0, 0.05) is 19.5 Å². The molecule has 0 saturated carbocycles. The molecule has 0 saturated heterocycles. The highest BCUT2D eigenvalue weighted by molar-refractivity contribution is 9.10. The molecule has 0 radical (unpaired) electrons. The van der Waals surface area contributed by atoms with Crippen LogP contribution >= 0.6 is 27.5 Å². The van der Waals surface area contributed by atoms with E-state index in [0.717, 1.165) is 45.7 Å². The van der Waals surface area contributed by atoms with Crippen LogP contribution in [-0.2, 0) is 26.3 Å². The van der Waals surface area contributed by atoms with Crippen molar-refractivity contribution in [3.63, 3.8) is 0 Å². The van der Waals surface area contributed by atoms with E-state index in [1.807, 2.05) is 11.7 Å². The normalized spacial score (nSPS) is 12.9. The molecular formula is C12H18BrN5S. The van der Waals surface area contributed by atoms with Gasteiger partial charge in [0.2, 0.25) is 0 Å². The van der Waals surface area contributed by atoms with Gasteiger partial charge in [0.1, 0.15) is 0 Å². The second kappa shape index (κ2) is 6.11. The number of rotatable bonds is 5. The Morgan fingerprint density at radius 3 is 2.58 bits per heavy atom. The summed E-state index contributed by atoms with van der Waals surface area (Å²) in [5.74, 6) is 0. The molecule has 0 aliphatic carbocycles. The van der Waals surface area contributed by atoms with Gasteiger partial charge in [0.15, 0.2) is 0 Å². The van der Waals surface area contributed by atoms with E-state index >= 15 is 0 Å². The Labute approximate surface area is 125 Å². The lowest BCUT2D eigenvalue weighted by atomic mass is 10.1. The van der Waals surface area contributed by atoms with E-state index in [4.69, 9.17) is 5.73 Å². The van der Waals surface area contributed by atoms with Crippen molar-refractivity contribution < 1.29 is 0 Å². The van der Waals surface area contributed by atoms with Gasteiger partial charge >= 0.3 is 0 Å². The molecule has 2 N–H and O–H groups in total. The second-order valence-electron chi connectivity index (χ2n) is 4.43. The van der Waals surface area contributed by atoms with Crippen LogP contribution in [0.25, 0.3) is 0 Å². The van der Waals surface area contributed by atoms with E-state index in [1.165, 1.54) is 11.5 Å². The van der Waals surface area contributed by atoms with Crippen molar-refractivity contribution in [1.82, 2.24) is 19.4 Å². The molecule has 0 amide bonds. The van der Waals surface area contributed by atoms with E-state index in [1.54, 1.807) is 0 Å². The molecule has 19 heavy (non-hydrogen) atoms. The van der Waals surface area contributed by atoms with Gasteiger partial charge in [0.25, 0.3) is 0 Å². The zero-order valence-corrected chi connectivity index (χ0v) is 13.8. The third-order valence-corrected chi connectivity index (χ3v) is 4.99. The van der Waals surface area contributed by atoms with Gasteiger partial charge in [-0.05, 0) is 40.3 Å². The van der Waals surface area contributed by atoms with Crippen molar-refractivity contribution in [3.05, 3.63) is 26.4 Å². The Bertz CT molecular complexity index is 562. The van der Waals surface area contributed by atoms with Crippen LogP contribution in [0.1, 0.15) is 41.8 Å². The van der Waals surface area contributed by atoms with Gasteiger partial charge in [-0.2, -0.15) is 5.10 Å². The molecule has 2 aromatic rings. The maximum absolute atomic E-state index is 6.30. The highest BCUT2D eigenvalue weighted by atomic mass is 79.9. The third kappa shape index (κ3) is 2.88. The monoisotopic (exact) mass is 343 g/mol. The van der Waals surface area contributed by atoms with Crippen LogP contribution in [-0.4, -0.2) is 19.4 Å². The molecule has 0 fully saturated rings. The third-order valence-electron chi connectivity index (χ3n) is 3.17. The molecule has 5 nitrogen and oxygen atoms in total. The standard InChI is InChI=1S/C12H18BrN5S/c1-4-8-11(13)10(18(3)16-8)6-7(14)12-9(5-2)15-17-19-12/h7H,4-6,14H2,1-3H3. The van der Waals surface area contributed by atoms with E-state index in [0.29, 0.717) is 0 Å². The highest BCUT2D eigenvalue weighted by Gasteiger charge is 2.20. The van der Waals surface area contributed by atoms with E-state index < -0.39 is 0 Å². The van der Waals surface area contributed by atoms with Gasteiger partial charge in [-0.3, -0.25) is 4.68 Å². The highest BCUT2D eigenvalue weighted by Crippen LogP contribution is 2.28. The van der Waals surface area contributed by atoms with Crippen molar-refractivity contribution in [1.29, 1.82) is 0 Å². The van der Waals surface area contributed by atoms with Crippen molar-refractivity contribution in [2.24, 2.45) is 12.8 Å². The fourth-order valence-corrected chi connectivity index (χ4v) is 3.60. The maximum Gasteiger partial charge on any atom is 0.0801 e.